The van der Waals surface area contributed by atoms with Crippen LogP contribution in [0.15, 0.2) is 22.9 Å². The maximum atomic E-state index is 4.94. The minimum Gasteiger partial charge on any atom is -0.357 e. The number of nitrogens with zero attached hydrogens (tertiary/aromatic N) is 1. The van der Waals surface area contributed by atoms with E-state index in [0.717, 1.165) is 12.2 Å². The van der Waals surface area contributed by atoms with E-state index in [1.165, 1.54) is 19.4 Å². The van der Waals surface area contributed by atoms with Crippen molar-refractivity contribution in [3.05, 3.63) is 24.1 Å². The summed E-state index contributed by atoms with van der Waals surface area (Å²) in [5, 5.41) is 7.07. The summed E-state index contributed by atoms with van der Waals surface area (Å²) in [4.78, 5) is 0. The van der Waals surface area contributed by atoms with Gasteiger partial charge in [0, 0.05) is 12.1 Å². The topological polar surface area (TPSA) is 38.1 Å². The summed E-state index contributed by atoms with van der Waals surface area (Å²) in [5.41, 5.74) is 0. The molecule has 1 aliphatic rings. The van der Waals surface area contributed by atoms with Gasteiger partial charge in [-0.1, -0.05) is 11.2 Å². The minimum absolute atomic E-state index is 0.666. The zero-order valence-corrected chi connectivity index (χ0v) is 7.57. The normalized spacial score (nSPS) is 22.9. The van der Waals surface area contributed by atoms with Crippen LogP contribution in [0.25, 0.3) is 6.08 Å². The molecular formula is C10H14N2O. The van der Waals surface area contributed by atoms with Gasteiger partial charge in [-0.15, -0.1) is 0 Å². The third kappa shape index (κ3) is 2.42. The van der Waals surface area contributed by atoms with Crippen molar-refractivity contribution in [1.82, 2.24) is 10.5 Å². The summed E-state index contributed by atoms with van der Waals surface area (Å²) in [5.74, 6) is 0.831. The highest BCUT2D eigenvalue weighted by atomic mass is 16.5. The number of rotatable bonds is 3. The minimum atomic E-state index is 0.666. The van der Waals surface area contributed by atoms with Crippen molar-refractivity contribution in [3.63, 3.8) is 0 Å². The lowest BCUT2D eigenvalue weighted by Crippen LogP contribution is -2.19. The highest BCUT2D eigenvalue weighted by Gasteiger charge is 2.11. The smallest absolute Gasteiger partial charge is 0.159 e. The maximum absolute atomic E-state index is 4.94. The molecule has 0 spiro atoms. The SMILES string of the molecule is C(=Cc1ccno1)CC1CCCN1. The second-order valence-electron chi connectivity index (χ2n) is 3.35. The molecule has 3 nitrogen and oxygen atoms in total. The van der Waals surface area contributed by atoms with Crippen molar-refractivity contribution in [2.45, 2.75) is 25.3 Å². The molecule has 0 radical (unpaired) electrons. The van der Waals surface area contributed by atoms with E-state index in [9.17, 15) is 0 Å². The summed E-state index contributed by atoms with van der Waals surface area (Å²) in [6.45, 7) is 1.17. The molecule has 0 aliphatic carbocycles. The molecule has 1 aromatic heterocycles. The molecule has 0 amide bonds. The van der Waals surface area contributed by atoms with Crippen LogP contribution in [0.1, 0.15) is 25.0 Å². The fourth-order valence-electron chi connectivity index (χ4n) is 1.62. The van der Waals surface area contributed by atoms with Crippen molar-refractivity contribution in [2.75, 3.05) is 6.54 Å². The Morgan fingerprint density at radius 3 is 3.38 bits per heavy atom. The van der Waals surface area contributed by atoms with E-state index in [1.54, 1.807) is 6.20 Å². The number of nitrogens with one attached hydrogen (secondary N) is 1. The molecule has 1 aromatic rings. The molecule has 1 fully saturated rings. The molecule has 2 rings (SSSR count). The van der Waals surface area contributed by atoms with E-state index in [2.05, 4.69) is 16.5 Å². The molecule has 13 heavy (non-hydrogen) atoms. The van der Waals surface area contributed by atoms with Crippen LogP contribution in [-0.4, -0.2) is 17.7 Å². The van der Waals surface area contributed by atoms with E-state index in [-0.39, 0.29) is 0 Å². The van der Waals surface area contributed by atoms with Crippen LogP contribution in [0.5, 0.6) is 0 Å². The van der Waals surface area contributed by atoms with Crippen molar-refractivity contribution in [1.29, 1.82) is 0 Å². The Balaban J connectivity index is 1.78. The lowest BCUT2D eigenvalue weighted by atomic mass is 10.1. The Bertz CT molecular complexity index is 260. The zero-order valence-electron chi connectivity index (χ0n) is 7.57. The number of hydrogen-bond acceptors (Lipinski definition) is 3. The molecule has 1 aliphatic heterocycles. The second kappa shape index (κ2) is 4.23. The van der Waals surface area contributed by atoms with Crippen LogP contribution in [0, 0.1) is 0 Å². The molecule has 2 heterocycles. The Morgan fingerprint density at radius 1 is 1.69 bits per heavy atom. The van der Waals surface area contributed by atoms with Crippen LogP contribution in [-0.2, 0) is 0 Å². The highest BCUT2D eigenvalue weighted by molar-refractivity contribution is 5.41. The summed E-state index contributed by atoms with van der Waals surface area (Å²) < 4.78 is 4.94. The molecule has 1 saturated heterocycles. The fourth-order valence-corrected chi connectivity index (χ4v) is 1.62. The Labute approximate surface area is 77.8 Å². The van der Waals surface area contributed by atoms with E-state index in [0.29, 0.717) is 6.04 Å². The Hall–Kier alpha value is -1.09. The fraction of sp³-hybridized carbons (Fsp3) is 0.500. The van der Waals surface area contributed by atoms with Crippen LogP contribution < -0.4 is 5.32 Å². The predicted octanol–water partition coefficient (Wildman–Crippen LogP) is 1.83. The molecule has 3 heteroatoms. The van der Waals surface area contributed by atoms with Gasteiger partial charge in [-0.05, 0) is 31.9 Å². The first-order valence-corrected chi connectivity index (χ1v) is 4.76. The third-order valence-electron chi connectivity index (χ3n) is 2.32. The first kappa shape index (κ1) is 8.51. The van der Waals surface area contributed by atoms with Gasteiger partial charge in [0.25, 0.3) is 0 Å². The van der Waals surface area contributed by atoms with Crippen LogP contribution in [0.4, 0.5) is 0 Å². The Morgan fingerprint density at radius 2 is 2.69 bits per heavy atom. The summed E-state index contributed by atoms with van der Waals surface area (Å²) in [6.07, 6.45) is 9.46. The molecule has 0 bridgehead atoms. The van der Waals surface area contributed by atoms with Crippen molar-refractivity contribution in [2.24, 2.45) is 0 Å². The van der Waals surface area contributed by atoms with Gasteiger partial charge in [0.1, 0.15) is 0 Å². The van der Waals surface area contributed by atoms with Gasteiger partial charge in [-0.25, -0.2) is 0 Å². The lowest BCUT2D eigenvalue weighted by Gasteiger charge is -2.04. The maximum Gasteiger partial charge on any atom is 0.159 e. The van der Waals surface area contributed by atoms with Gasteiger partial charge >= 0.3 is 0 Å². The summed E-state index contributed by atoms with van der Waals surface area (Å²) in [7, 11) is 0. The van der Waals surface area contributed by atoms with Gasteiger partial charge in [0.15, 0.2) is 5.76 Å². The van der Waals surface area contributed by atoms with Gasteiger partial charge in [-0.2, -0.15) is 0 Å². The number of aromatic nitrogens is 1. The van der Waals surface area contributed by atoms with Crippen LogP contribution >= 0.6 is 0 Å². The highest BCUT2D eigenvalue weighted by Crippen LogP contribution is 2.10. The average molecular weight is 178 g/mol. The van der Waals surface area contributed by atoms with E-state index in [1.807, 2.05) is 12.1 Å². The first-order valence-electron chi connectivity index (χ1n) is 4.76. The molecule has 1 unspecified atom stereocenters. The average Bonchev–Trinajstić information content (AvgIpc) is 2.75. The molecule has 1 N–H and O–H groups in total. The van der Waals surface area contributed by atoms with E-state index in [4.69, 9.17) is 4.52 Å². The van der Waals surface area contributed by atoms with Gasteiger partial charge < -0.3 is 9.84 Å². The zero-order chi connectivity index (χ0) is 8.93. The van der Waals surface area contributed by atoms with Crippen molar-refractivity contribution < 1.29 is 4.52 Å². The molecule has 70 valence electrons. The second-order valence-corrected chi connectivity index (χ2v) is 3.35. The van der Waals surface area contributed by atoms with Crippen molar-refractivity contribution >= 4 is 6.08 Å². The number of hydrogen-bond donors (Lipinski definition) is 1. The summed E-state index contributed by atoms with van der Waals surface area (Å²) in [6, 6.07) is 2.53. The van der Waals surface area contributed by atoms with Crippen LogP contribution in [0.2, 0.25) is 0 Å². The predicted molar refractivity (Wildman–Crippen MR) is 51.2 cm³/mol. The van der Waals surface area contributed by atoms with Gasteiger partial charge in [-0.3, -0.25) is 0 Å². The first-order chi connectivity index (χ1) is 6.45. The van der Waals surface area contributed by atoms with Gasteiger partial charge in [0.2, 0.25) is 0 Å². The van der Waals surface area contributed by atoms with Crippen molar-refractivity contribution in [3.8, 4) is 0 Å². The monoisotopic (exact) mass is 178 g/mol. The molecule has 1 atom stereocenters. The van der Waals surface area contributed by atoms with Gasteiger partial charge in [0.05, 0.1) is 6.20 Å². The largest absolute Gasteiger partial charge is 0.357 e. The molecular weight excluding hydrogens is 164 g/mol. The van der Waals surface area contributed by atoms with E-state index < -0.39 is 0 Å². The molecule has 0 aromatic carbocycles. The van der Waals surface area contributed by atoms with Crippen LogP contribution in [0.3, 0.4) is 0 Å². The standard InChI is InChI=1S/C10H14N2O/c1(3-9-4-2-7-11-9)5-10-6-8-12-13-10/h1,5-6,8-9,11H,2-4,7H2. The lowest BCUT2D eigenvalue weighted by molar-refractivity contribution is 0.412. The summed E-state index contributed by atoms with van der Waals surface area (Å²) >= 11 is 0. The Kier molecular flexibility index (Phi) is 2.77. The third-order valence-corrected chi connectivity index (χ3v) is 2.32. The quantitative estimate of drug-likeness (QED) is 0.767. The molecule has 0 saturated carbocycles. The van der Waals surface area contributed by atoms with E-state index >= 15 is 0 Å².